The maximum Gasteiger partial charge on any atom is 0.328 e. The molecule has 2 atom stereocenters. The minimum atomic E-state index is -0.819. The van der Waals surface area contributed by atoms with Crippen LogP contribution < -0.4 is 4.74 Å². The molecule has 0 aliphatic heterocycles. The number of methoxy groups -OCH3 is 1. The van der Waals surface area contributed by atoms with Crippen LogP contribution in [0.25, 0.3) is 0 Å². The van der Waals surface area contributed by atoms with Gasteiger partial charge in [-0.1, -0.05) is 42.5 Å². The van der Waals surface area contributed by atoms with Gasteiger partial charge in [-0.2, -0.15) is 0 Å². The Labute approximate surface area is 195 Å². The molecule has 178 valence electrons. The fraction of sp³-hybridized carbons (Fsp3) is 0.423. The van der Waals surface area contributed by atoms with E-state index in [4.69, 9.17) is 14.2 Å². The van der Waals surface area contributed by atoms with Gasteiger partial charge in [-0.3, -0.25) is 9.59 Å². The molecule has 0 saturated heterocycles. The molecule has 2 aromatic carbocycles. The lowest BCUT2D eigenvalue weighted by Crippen LogP contribution is -2.43. The Hall–Kier alpha value is -3.35. The lowest BCUT2D eigenvalue weighted by molar-refractivity contribution is -0.157. The minimum absolute atomic E-state index is 0.154. The van der Waals surface area contributed by atoms with Crippen molar-refractivity contribution in [2.75, 3.05) is 14.2 Å². The maximum atomic E-state index is 13.3. The van der Waals surface area contributed by atoms with E-state index in [0.717, 1.165) is 5.56 Å². The van der Waals surface area contributed by atoms with Gasteiger partial charge in [0.1, 0.15) is 24.0 Å². The average molecular weight is 456 g/mol. The number of amides is 1. The molecule has 0 N–H and O–H groups in total. The van der Waals surface area contributed by atoms with E-state index in [1.54, 1.807) is 52.0 Å². The molecule has 2 rings (SSSR count). The number of esters is 2. The van der Waals surface area contributed by atoms with Crippen molar-refractivity contribution in [3.63, 3.8) is 0 Å². The van der Waals surface area contributed by atoms with E-state index in [1.165, 1.54) is 19.1 Å². The third-order valence-corrected chi connectivity index (χ3v) is 5.09. The minimum Gasteiger partial charge on any atom is -0.489 e. The Bertz CT molecular complexity index is 934. The second-order valence-corrected chi connectivity index (χ2v) is 8.83. The van der Waals surface area contributed by atoms with Crippen molar-refractivity contribution < 1.29 is 28.6 Å². The van der Waals surface area contributed by atoms with Crippen LogP contribution >= 0.6 is 0 Å². The number of benzene rings is 2. The molecule has 2 aromatic rings. The number of carbonyl (C=O) groups excluding carboxylic acids is 3. The predicted molar refractivity (Wildman–Crippen MR) is 125 cm³/mol. The second kappa shape index (κ2) is 11.5. The fourth-order valence-corrected chi connectivity index (χ4v) is 3.20. The Kier molecular flexibility index (Phi) is 9.02. The summed E-state index contributed by atoms with van der Waals surface area (Å²) in [5.74, 6) is -1.59. The third kappa shape index (κ3) is 7.93. The highest BCUT2D eigenvalue weighted by atomic mass is 16.6. The van der Waals surface area contributed by atoms with Crippen LogP contribution in [0.1, 0.15) is 51.2 Å². The van der Waals surface area contributed by atoms with Gasteiger partial charge in [0.25, 0.3) is 0 Å². The Balaban J connectivity index is 2.21. The molecule has 0 aliphatic carbocycles. The van der Waals surface area contributed by atoms with Crippen molar-refractivity contribution in [1.82, 2.24) is 4.90 Å². The molecule has 0 aromatic heterocycles. The van der Waals surface area contributed by atoms with E-state index in [1.807, 2.05) is 30.3 Å². The third-order valence-electron chi connectivity index (χ3n) is 5.09. The van der Waals surface area contributed by atoms with Crippen LogP contribution in [-0.4, -0.2) is 48.5 Å². The van der Waals surface area contributed by atoms with Crippen molar-refractivity contribution in [2.24, 2.45) is 0 Å². The summed E-state index contributed by atoms with van der Waals surface area (Å²) in [6.45, 7) is 7.30. The molecule has 0 heterocycles. The first-order valence-corrected chi connectivity index (χ1v) is 10.8. The topological polar surface area (TPSA) is 82.1 Å². The standard InChI is InChI=1S/C26H33NO6/c1-18(25(30)31-6)27(5)24(29)22(16-23(28)33-26(2,3)4)20-12-14-21(15-13-20)32-17-19-10-8-7-9-11-19/h7-15,18,22H,16-17H2,1-6H3/t18-,22?/m1/s1. The van der Waals surface area contributed by atoms with Crippen LogP contribution in [0.5, 0.6) is 5.75 Å². The van der Waals surface area contributed by atoms with Gasteiger partial charge in [0.2, 0.25) is 5.91 Å². The molecule has 0 saturated carbocycles. The predicted octanol–water partition coefficient (Wildman–Crippen LogP) is 4.10. The summed E-state index contributed by atoms with van der Waals surface area (Å²) in [6.07, 6.45) is -0.154. The second-order valence-electron chi connectivity index (χ2n) is 8.83. The number of nitrogens with zero attached hydrogens (tertiary/aromatic N) is 1. The van der Waals surface area contributed by atoms with Crippen molar-refractivity contribution in [3.05, 3.63) is 65.7 Å². The summed E-state index contributed by atoms with van der Waals surface area (Å²) in [4.78, 5) is 39.1. The molecular formula is C26H33NO6. The van der Waals surface area contributed by atoms with E-state index < -0.39 is 29.5 Å². The Morgan fingerprint density at radius 3 is 2.12 bits per heavy atom. The largest absolute Gasteiger partial charge is 0.489 e. The number of likely N-dealkylation sites (N-methyl/N-ethyl adjacent to an activating group) is 1. The molecule has 0 bridgehead atoms. The zero-order chi connectivity index (χ0) is 24.6. The van der Waals surface area contributed by atoms with Gasteiger partial charge in [-0.25, -0.2) is 4.79 Å². The zero-order valence-electron chi connectivity index (χ0n) is 20.2. The molecule has 7 nitrogen and oxygen atoms in total. The molecule has 0 aliphatic rings. The van der Waals surface area contributed by atoms with E-state index in [0.29, 0.717) is 17.9 Å². The van der Waals surface area contributed by atoms with Crippen molar-refractivity contribution in [3.8, 4) is 5.75 Å². The number of carbonyl (C=O) groups is 3. The summed E-state index contributed by atoms with van der Waals surface area (Å²) >= 11 is 0. The molecule has 0 spiro atoms. The number of ether oxygens (including phenoxy) is 3. The number of hydrogen-bond donors (Lipinski definition) is 0. The van der Waals surface area contributed by atoms with Gasteiger partial charge in [0.05, 0.1) is 19.4 Å². The quantitative estimate of drug-likeness (QED) is 0.530. The van der Waals surface area contributed by atoms with E-state index in [2.05, 4.69) is 0 Å². The lowest BCUT2D eigenvalue weighted by Gasteiger charge is -2.28. The Morgan fingerprint density at radius 1 is 0.970 bits per heavy atom. The van der Waals surface area contributed by atoms with Gasteiger partial charge in [0.15, 0.2) is 0 Å². The van der Waals surface area contributed by atoms with E-state index >= 15 is 0 Å². The van der Waals surface area contributed by atoms with Crippen LogP contribution in [-0.2, 0) is 30.5 Å². The van der Waals surface area contributed by atoms with Gasteiger partial charge < -0.3 is 19.1 Å². The summed E-state index contributed by atoms with van der Waals surface area (Å²) in [5, 5.41) is 0. The molecule has 7 heteroatoms. The van der Waals surface area contributed by atoms with Crippen molar-refractivity contribution in [1.29, 1.82) is 0 Å². The van der Waals surface area contributed by atoms with Crippen LogP contribution in [0.3, 0.4) is 0 Å². The van der Waals surface area contributed by atoms with Crippen LogP contribution in [0.2, 0.25) is 0 Å². The first-order valence-electron chi connectivity index (χ1n) is 10.8. The average Bonchev–Trinajstić information content (AvgIpc) is 2.79. The molecule has 0 radical (unpaired) electrons. The number of rotatable bonds is 9. The number of hydrogen-bond acceptors (Lipinski definition) is 6. The van der Waals surface area contributed by atoms with Gasteiger partial charge in [-0.05, 0) is 51.0 Å². The van der Waals surface area contributed by atoms with Crippen LogP contribution in [0.15, 0.2) is 54.6 Å². The van der Waals surface area contributed by atoms with Crippen LogP contribution in [0, 0.1) is 0 Å². The Morgan fingerprint density at radius 2 is 1.58 bits per heavy atom. The van der Waals surface area contributed by atoms with E-state index in [-0.39, 0.29) is 12.3 Å². The van der Waals surface area contributed by atoms with Gasteiger partial charge in [-0.15, -0.1) is 0 Å². The van der Waals surface area contributed by atoms with Gasteiger partial charge in [0, 0.05) is 7.05 Å². The van der Waals surface area contributed by atoms with Crippen LogP contribution in [0.4, 0.5) is 0 Å². The summed E-state index contributed by atoms with van der Waals surface area (Å²) in [6, 6.07) is 16.0. The summed E-state index contributed by atoms with van der Waals surface area (Å²) in [7, 11) is 2.78. The van der Waals surface area contributed by atoms with E-state index in [9.17, 15) is 14.4 Å². The molecular weight excluding hydrogens is 422 g/mol. The normalized spacial score (nSPS) is 12.9. The molecule has 0 fully saturated rings. The lowest BCUT2D eigenvalue weighted by atomic mass is 9.93. The first-order chi connectivity index (χ1) is 15.5. The summed E-state index contributed by atoms with van der Waals surface area (Å²) < 4.78 is 16.0. The van der Waals surface area contributed by atoms with Gasteiger partial charge >= 0.3 is 11.9 Å². The molecule has 1 amide bonds. The van der Waals surface area contributed by atoms with Crippen molar-refractivity contribution in [2.45, 2.75) is 58.3 Å². The first kappa shape index (κ1) is 25.9. The SMILES string of the molecule is COC(=O)[C@@H](C)N(C)C(=O)C(CC(=O)OC(C)(C)C)c1ccc(OCc2ccccc2)cc1. The monoisotopic (exact) mass is 455 g/mol. The maximum absolute atomic E-state index is 13.3. The highest BCUT2D eigenvalue weighted by molar-refractivity contribution is 5.91. The molecule has 1 unspecified atom stereocenters. The summed E-state index contributed by atoms with van der Waals surface area (Å²) in [5.41, 5.74) is 0.991. The fourth-order valence-electron chi connectivity index (χ4n) is 3.20. The highest BCUT2D eigenvalue weighted by Gasteiger charge is 2.32. The highest BCUT2D eigenvalue weighted by Crippen LogP contribution is 2.27. The smallest absolute Gasteiger partial charge is 0.328 e. The van der Waals surface area contributed by atoms with Crippen molar-refractivity contribution >= 4 is 17.8 Å². The zero-order valence-corrected chi connectivity index (χ0v) is 20.2. The molecule has 33 heavy (non-hydrogen) atoms.